The molecule has 2 rings (SSSR count). The molecule has 2 fully saturated rings. The maximum Gasteiger partial charge on any atom is 0.0105 e. The summed E-state index contributed by atoms with van der Waals surface area (Å²) in [7, 11) is 0. The molecule has 0 spiro atoms. The molecule has 1 nitrogen and oxygen atoms in total. The van der Waals surface area contributed by atoms with Crippen LogP contribution in [0, 0.1) is 17.8 Å². The second-order valence-electron chi connectivity index (χ2n) is 6.35. The lowest BCUT2D eigenvalue weighted by Gasteiger charge is -2.41. The molecule has 0 aromatic rings. The Bertz CT molecular complexity index is 258. The van der Waals surface area contributed by atoms with E-state index in [1.54, 1.807) is 0 Å². The molecule has 0 aromatic heterocycles. The van der Waals surface area contributed by atoms with Gasteiger partial charge in [-0.1, -0.05) is 44.8 Å². The van der Waals surface area contributed by atoms with Crippen molar-refractivity contribution >= 4 is 0 Å². The second kappa shape index (κ2) is 6.04. The first kappa shape index (κ1) is 13.1. The van der Waals surface area contributed by atoms with Crippen molar-refractivity contribution in [3.05, 3.63) is 12.2 Å². The van der Waals surface area contributed by atoms with Gasteiger partial charge in [-0.3, -0.25) is 0 Å². The van der Waals surface area contributed by atoms with Gasteiger partial charge < -0.3 is 5.73 Å². The largest absolute Gasteiger partial charge is 0.327 e. The van der Waals surface area contributed by atoms with Crippen LogP contribution >= 0.6 is 0 Å². The molecule has 98 valence electrons. The van der Waals surface area contributed by atoms with Crippen LogP contribution < -0.4 is 5.73 Å². The molecule has 0 bridgehead atoms. The van der Waals surface area contributed by atoms with E-state index in [0.717, 1.165) is 30.6 Å². The van der Waals surface area contributed by atoms with Crippen molar-refractivity contribution in [3.63, 3.8) is 0 Å². The maximum absolute atomic E-state index is 6.39. The van der Waals surface area contributed by atoms with E-state index in [4.69, 9.17) is 5.73 Å². The van der Waals surface area contributed by atoms with E-state index in [1.807, 2.05) is 0 Å². The van der Waals surface area contributed by atoms with E-state index < -0.39 is 0 Å². The predicted octanol–water partition coefficient (Wildman–Crippen LogP) is 4.28. The highest BCUT2D eigenvalue weighted by Crippen LogP contribution is 2.43. The van der Waals surface area contributed by atoms with Gasteiger partial charge in [-0.05, 0) is 49.9 Å². The third kappa shape index (κ3) is 3.34. The first-order valence-corrected chi connectivity index (χ1v) is 7.63. The van der Waals surface area contributed by atoms with E-state index in [9.17, 15) is 0 Å². The molecule has 4 atom stereocenters. The summed E-state index contributed by atoms with van der Waals surface area (Å²) in [6, 6.07) is 0.380. The van der Waals surface area contributed by atoms with Gasteiger partial charge >= 0.3 is 0 Å². The summed E-state index contributed by atoms with van der Waals surface area (Å²) in [6.45, 7) is 6.30. The average molecular weight is 235 g/mol. The highest BCUT2D eigenvalue weighted by molar-refractivity contribution is 4.98. The molecule has 2 aliphatic rings. The van der Waals surface area contributed by atoms with E-state index in [-0.39, 0.29) is 0 Å². The first-order valence-electron chi connectivity index (χ1n) is 7.63. The van der Waals surface area contributed by atoms with E-state index >= 15 is 0 Å². The molecular formula is C16H29N. The third-order valence-electron chi connectivity index (χ3n) is 5.21. The fraction of sp³-hybridized carbons (Fsp3) is 0.875. The Balaban J connectivity index is 1.84. The quantitative estimate of drug-likeness (QED) is 0.723. The van der Waals surface area contributed by atoms with Crippen molar-refractivity contribution in [2.75, 3.05) is 0 Å². The van der Waals surface area contributed by atoms with Crippen molar-refractivity contribution in [3.8, 4) is 0 Å². The molecule has 0 amide bonds. The minimum atomic E-state index is 0.380. The molecule has 0 aliphatic heterocycles. The summed E-state index contributed by atoms with van der Waals surface area (Å²) >= 11 is 0. The Morgan fingerprint density at radius 2 is 1.88 bits per heavy atom. The van der Waals surface area contributed by atoms with Gasteiger partial charge in [0, 0.05) is 6.04 Å². The molecule has 1 heteroatoms. The van der Waals surface area contributed by atoms with Gasteiger partial charge in [-0.15, -0.1) is 0 Å². The summed E-state index contributed by atoms with van der Waals surface area (Å²) in [5, 5.41) is 0. The fourth-order valence-electron chi connectivity index (χ4n) is 3.94. The molecule has 0 saturated heterocycles. The molecule has 17 heavy (non-hydrogen) atoms. The van der Waals surface area contributed by atoms with Gasteiger partial charge in [0.25, 0.3) is 0 Å². The van der Waals surface area contributed by atoms with Crippen LogP contribution in [-0.2, 0) is 0 Å². The Kier molecular flexibility index (Phi) is 4.67. The summed E-state index contributed by atoms with van der Waals surface area (Å²) in [5.74, 6) is 2.82. The topological polar surface area (TPSA) is 26.0 Å². The van der Waals surface area contributed by atoms with Crippen molar-refractivity contribution in [2.24, 2.45) is 23.5 Å². The number of hydrogen-bond acceptors (Lipinski definition) is 1. The highest BCUT2D eigenvalue weighted by atomic mass is 14.7. The van der Waals surface area contributed by atoms with Crippen LogP contribution in [0.25, 0.3) is 0 Å². The summed E-state index contributed by atoms with van der Waals surface area (Å²) in [6.07, 6.45) is 12.3. The first-order chi connectivity index (χ1) is 8.20. The molecule has 2 saturated carbocycles. The van der Waals surface area contributed by atoms with E-state index in [1.165, 1.54) is 50.5 Å². The van der Waals surface area contributed by atoms with Gasteiger partial charge in [0.15, 0.2) is 0 Å². The highest BCUT2D eigenvalue weighted by Gasteiger charge is 2.34. The van der Waals surface area contributed by atoms with Gasteiger partial charge in [0.2, 0.25) is 0 Å². The van der Waals surface area contributed by atoms with Crippen molar-refractivity contribution in [1.29, 1.82) is 0 Å². The number of fused-ring (bicyclic) bond motifs is 1. The van der Waals surface area contributed by atoms with Crippen LogP contribution in [0.15, 0.2) is 12.2 Å². The van der Waals surface area contributed by atoms with E-state index in [2.05, 4.69) is 13.5 Å². The lowest BCUT2D eigenvalue weighted by molar-refractivity contribution is 0.117. The molecule has 2 aliphatic carbocycles. The van der Waals surface area contributed by atoms with Crippen LogP contribution in [0.4, 0.5) is 0 Å². The number of hydrogen-bond donors (Lipinski definition) is 1. The molecule has 0 radical (unpaired) electrons. The number of nitrogens with two attached hydrogens (primary N) is 1. The average Bonchev–Trinajstić information content (AvgIpc) is 2.38. The van der Waals surface area contributed by atoms with Crippen LogP contribution in [-0.4, -0.2) is 6.04 Å². The molecule has 2 N–H and O–H groups in total. The zero-order valence-corrected chi connectivity index (χ0v) is 11.5. The fourth-order valence-corrected chi connectivity index (χ4v) is 3.94. The van der Waals surface area contributed by atoms with E-state index in [0.29, 0.717) is 6.04 Å². The van der Waals surface area contributed by atoms with Crippen LogP contribution in [0.2, 0.25) is 0 Å². The van der Waals surface area contributed by atoms with Crippen LogP contribution in [0.5, 0.6) is 0 Å². The SMILES string of the molecule is C=C(CC)CC(N)C1CCC2CCCCC2C1. The lowest BCUT2D eigenvalue weighted by Crippen LogP contribution is -2.37. The standard InChI is InChI=1S/C16H29N/c1-3-12(2)10-16(17)15-9-8-13-6-4-5-7-14(13)11-15/h13-16H,2-11,17H2,1H3. The van der Waals surface area contributed by atoms with Gasteiger partial charge in [0.1, 0.15) is 0 Å². The minimum absolute atomic E-state index is 0.380. The second-order valence-corrected chi connectivity index (χ2v) is 6.35. The van der Waals surface area contributed by atoms with Crippen molar-refractivity contribution in [1.82, 2.24) is 0 Å². The molecule has 0 aromatic carbocycles. The Morgan fingerprint density at radius 3 is 2.59 bits per heavy atom. The normalized spacial score (nSPS) is 35.1. The van der Waals surface area contributed by atoms with Crippen molar-refractivity contribution in [2.45, 2.75) is 70.8 Å². The molecule has 0 heterocycles. The minimum Gasteiger partial charge on any atom is -0.327 e. The predicted molar refractivity (Wildman–Crippen MR) is 74.8 cm³/mol. The zero-order chi connectivity index (χ0) is 12.3. The van der Waals surface area contributed by atoms with Gasteiger partial charge in [0.05, 0.1) is 0 Å². The van der Waals surface area contributed by atoms with Crippen LogP contribution in [0.3, 0.4) is 0 Å². The Hall–Kier alpha value is -0.300. The lowest BCUT2D eigenvalue weighted by atomic mass is 9.66. The van der Waals surface area contributed by atoms with Gasteiger partial charge in [-0.25, -0.2) is 0 Å². The smallest absolute Gasteiger partial charge is 0.0105 e. The third-order valence-corrected chi connectivity index (χ3v) is 5.21. The summed E-state index contributed by atoms with van der Waals surface area (Å²) < 4.78 is 0. The molecule has 4 unspecified atom stereocenters. The summed E-state index contributed by atoms with van der Waals surface area (Å²) in [4.78, 5) is 0. The summed E-state index contributed by atoms with van der Waals surface area (Å²) in [5.41, 5.74) is 7.72. The zero-order valence-electron chi connectivity index (χ0n) is 11.5. The van der Waals surface area contributed by atoms with Crippen molar-refractivity contribution < 1.29 is 0 Å². The van der Waals surface area contributed by atoms with Gasteiger partial charge in [-0.2, -0.15) is 0 Å². The monoisotopic (exact) mass is 235 g/mol. The number of rotatable bonds is 4. The van der Waals surface area contributed by atoms with Crippen LogP contribution in [0.1, 0.15) is 64.7 Å². The molecular weight excluding hydrogens is 206 g/mol. The Labute approximate surface area is 107 Å². The maximum atomic E-state index is 6.39. The Morgan fingerprint density at radius 1 is 1.18 bits per heavy atom.